The predicted octanol–water partition coefficient (Wildman–Crippen LogP) is 4.37. The Balaban J connectivity index is 1.71. The molecule has 0 amide bonds. The first-order valence-electron chi connectivity index (χ1n) is 7.20. The molecule has 0 saturated carbocycles. The quantitative estimate of drug-likeness (QED) is 0.450. The van der Waals surface area contributed by atoms with E-state index in [0.717, 1.165) is 14.8 Å². The van der Waals surface area contributed by atoms with E-state index in [1.165, 1.54) is 5.56 Å². The van der Waals surface area contributed by atoms with Gasteiger partial charge in [-0.3, -0.25) is 4.98 Å². The Labute approximate surface area is 151 Å². The van der Waals surface area contributed by atoms with Crippen LogP contribution < -0.4 is 0 Å². The van der Waals surface area contributed by atoms with Crippen molar-refractivity contribution < 1.29 is 9.05 Å². The molecule has 1 aromatic carbocycles. The third-order valence-electron chi connectivity index (χ3n) is 3.47. The lowest BCUT2D eigenvalue weighted by Gasteiger charge is -1.94. The maximum Gasteiger partial charge on any atom is 0.298 e. The molecular formula is C17H11IN4O2. The molecule has 4 aromatic rings. The van der Waals surface area contributed by atoms with Gasteiger partial charge in [0, 0.05) is 11.8 Å². The van der Waals surface area contributed by atoms with Crippen molar-refractivity contribution in [3.05, 3.63) is 57.8 Å². The van der Waals surface area contributed by atoms with Crippen LogP contribution >= 0.6 is 22.6 Å². The first-order chi connectivity index (χ1) is 11.7. The monoisotopic (exact) mass is 430 g/mol. The molecule has 0 aliphatic rings. The van der Waals surface area contributed by atoms with Gasteiger partial charge in [-0.1, -0.05) is 46.2 Å². The van der Waals surface area contributed by atoms with Gasteiger partial charge in [-0.05, 0) is 41.6 Å². The van der Waals surface area contributed by atoms with Crippen molar-refractivity contribution in [2.45, 2.75) is 6.92 Å². The molecule has 7 heteroatoms. The minimum atomic E-state index is 0.296. The largest absolute Gasteiger partial charge is 0.349 e. The van der Waals surface area contributed by atoms with Crippen molar-refractivity contribution in [2.24, 2.45) is 0 Å². The Morgan fingerprint density at radius 3 is 2.54 bits per heavy atom. The van der Waals surface area contributed by atoms with Crippen LogP contribution in [-0.4, -0.2) is 20.3 Å². The average molecular weight is 430 g/mol. The maximum absolute atomic E-state index is 5.41. The van der Waals surface area contributed by atoms with Gasteiger partial charge in [0.1, 0.15) is 5.69 Å². The van der Waals surface area contributed by atoms with E-state index in [-0.39, 0.29) is 0 Å². The summed E-state index contributed by atoms with van der Waals surface area (Å²) in [5.74, 6) is 1.25. The summed E-state index contributed by atoms with van der Waals surface area (Å²) < 4.78 is 11.5. The Bertz CT molecular complexity index is 978. The molecular weight excluding hydrogens is 419 g/mol. The summed E-state index contributed by atoms with van der Waals surface area (Å²) in [5, 5.41) is 8.11. The fourth-order valence-corrected chi connectivity index (χ4v) is 2.91. The molecule has 3 aromatic heterocycles. The number of aromatic nitrogens is 4. The third kappa shape index (κ3) is 2.71. The number of hydrogen-bond acceptors (Lipinski definition) is 6. The fraction of sp³-hybridized carbons (Fsp3) is 0.0588. The molecule has 0 spiro atoms. The fourth-order valence-electron chi connectivity index (χ4n) is 2.21. The molecule has 0 atom stereocenters. The van der Waals surface area contributed by atoms with E-state index < -0.39 is 0 Å². The van der Waals surface area contributed by atoms with Crippen LogP contribution in [-0.2, 0) is 0 Å². The van der Waals surface area contributed by atoms with Gasteiger partial charge in [0.2, 0.25) is 11.6 Å². The highest BCUT2D eigenvalue weighted by Gasteiger charge is 2.22. The van der Waals surface area contributed by atoms with Crippen molar-refractivity contribution in [1.82, 2.24) is 20.3 Å². The molecule has 0 aliphatic carbocycles. The van der Waals surface area contributed by atoms with Crippen molar-refractivity contribution in [3.63, 3.8) is 0 Å². The second-order valence-electron chi connectivity index (χ2n) is 5.18. The van der Waals surface area contributed by atoms with E-state index in [0.29, 0.717) is 23.2 Å². The lowest BCUT2D eigenvalue weighted by atomic mass is 10.1. The van der Waals surface area contributed by atoms with E-state index in [4.69, 9.17) is 9.05 Å². The molecule has 3 heterocycles. The molecule has 0 radical (unpaired) electrons. The molecule has 6 nitrogen and oxygen atoms in total. The third-order valence-corrected chi connectivity index (χ3v) is 4.47. The van der Waals surface area contributed by atoms with Gasteiger partial charge in [0.25, 0.3) is 5.89 Å². The summed E-state index contributed by atoms with van der Waals surface area (Å²) in [6.07, 6.45) is 1.71. The molecule has 118 valence electrons. The van der Waals surface area contributed by atoms with Crippen molar-refractivity contribution in [2.75, 3.05) is 0 Å². The normalized spacial score (nSPS) is 10.9. The van der Waals surface area contributed by atoms with Crippen LogP contribution in [0, 0.1) is 10.5 Å². The number of nitrogens with zero attached hydrogens (tertiary/aromatic N) is 4. The Hall–Kier alpha value is -2.55. The minimum Gasteiger partial charge on any atom is -0.349 e. The number of pyridine rings is 1. The highest BCUT2D eigenvalue weighted by molar-refractivity contribution is 14.1. The Morgan fingerprint density at radius 1 is 0.958 bits per heavy atom. The van der Waals surface area contributed by atoms with Crippen molar-refractivity contribution in [1.29, 1.82) is 0 Å². The molecule has 0 fully saturated rings. The lowest BCUT2D eigenvalue weighted by molar-refractivity contribution is 0.386. The van der Waals surface area contributed by atoms with Gasteiger partial charge >= 0.3 is 0 Å². The van der Waals surface area contributed by atoms with Crippen LogP contribution in [0.5, 0.6) is 0 Å². The van der Waals surface area contributed by atoms with Crippen molar-refractivity contribution in [3.8, 4) is 34.4 Å². The summed E-state index contributed by atoms with van der Waals surface area (Å²) in [4.78, 5) is 8.70. The number of hydrogen-bond donors (Lipinski definition) is 0. The van der Waals surface area contributed by atoms with Crippen LogP contribution in [0.1, 0.15) is 5.56 Å². The van der Waals surface area contributed by atoms with Crippen molar-refractivity contribution >= 4 is 22.6 Å². The second-order valence-corrected chi connectivity index (χ2v) is 6.26. The molecule has 0 N–H and O–H groups in total. The first kappa shape index (κ1) is 15.0. The molecule has 24 heavy (non-hydrogen) atoms. The predicted molar refractivity (Wildman–Crippen MR) is 95.9 cm³/mol. The summed E-state index contributed by atoms with van der Waals surface area (Å²) in [7, 11) is 0. The SMILES string of the molecule is Cc1ccc(-c2noc(-c3onc(-c4ccccn4)c3I)n2)cc1. The van der Waals surface area contributed by atoms with Gasteiger partial charge < -0.3 is 9.05 Å². The number of benzene rings is 1. The van der Waals surface area contributed by atoms with E-state index >= 15 is 0 Å². The van der Waals surface area contributed by atoms with Gasteiger partial charge in [-0.2, -0.15) is 4.98 Å². The van der Waals surface area contributed by atoms with E-state index in [2.05, 4.69) is 42.9 Å². The van der Waals surface area contributed by atoms with Gasteiger partial charge in [0.05, 0.1) is 9.26 Å². The molecule has 0 bridgehead atoms. The summed E-state index contributed by atoms with van der Waals surface area (Å²) in [6.45, 7) is 2.03. The van der Waals surface area contributed by atoms with Gasteiger partial charge in [-0.15, -0.1) is 0 Å². The molecule has 0 unspecified atom stereocenters. The van der Waals surface area contributed by atoms with E-state index in [1.807, 2.05) is 49.4 Å². The highest BCUT2D eigenvalue weighted by Crippen LogP contribution is 2.32. The highest BCUT2D eigenvalue weighted by atomic mass is 127. The second kappa shape index (κ2) is 6.16. The van der Waals surface area contributed by atoms with Gasteiger partial charge in [-0.25, -0.2) is 0 Å². The van der Waals surface area contributed by atoms with Gasteiger partial charge in [0.15, 0.2) is 0 Å². The smallest absolute Gasteiger partial charge is 0.298 e. The van der Waals surface area contributed by atoms with Crippen LogP contribution in [0.3, 0.4) is 0 Å². The standard InChI is InChI=1S/C17H11IN4O2/c1-10-5-7-11(8-6-10)16-20-17(24-22-16)15-13(18)14(21-23-15)12-4-2-3-9-19-12/h2-9H,1H3. The molecule has 0 aliphatic heterocycles. The number of rotatable bonds is 3. The number of halogens is 1. The van der Waals surface area contributed by atoms with Crippen LogP contribution in [0.4, 0.5) is 0 Å². The zero-order chi connectivity index (χ0) is 16.5. The topological polar surface area (TPSA) is 77.8 Å². The molecule has 4 rings (SSSR count). The van der Waals surface area contributed by atoms with Crippen LogP contribution in [0.25, 0.3) is 34.4 Å². The zero-order valence-corrected chi connectivity index (χ0v) is 14.8. The average Bonchev–Trinajstić information content (AvgIpc) is 3.23. The number of aryl methyl sites for hydroxylation is 1. The Kier molecular flexibility index (Phi) is 3.85. The molecule has 0 saturated heterocycles. The summed E-state index contributed by atoms with van der Waals surface area (Å²) in [6, 6.07) is 13.5. The minimum absolute atomic E-state index is 0.296. The first-order valence-corrected chi connectivity index (χ1v) is 8.28. The van der Waals surface area contributed by atoms with E-state index in [1.54, 1.807) is 6.20 Å². The zero-order valence-electron chi connectivity index (χ0n) is 12.6. The summed E-state index contributed by atoms with van der Waals surface area (Å²) >= 11 is 2.15. The van der Waals surface area contributed by atoms with Crippen LogP contribution in [0.15, 0.2) is 57.7 Å². The van der Waals surface area contributed by atoms with Crippen LogP contribution in [0.2, 0.25) is 0 Å². The summed E-state index contributed by atoms with van der Waals surface area (Å²) in [5.41, 5.74) is 3.44. The maximum atomic E-state index is 5.41. The Morgan fingerprint density at radius 2 is 1.79 bits per heavy atom. The lowest BCUT2D eigenvalue weighted by Crippen LogP contribution is -1.85. The van der Waals surface area contributed by atoms with E-state index in [9.17, 15) is 0 Å².